The van der Waals surface area contributed by atoms with Gasteiger partial charge in [0.1, 0.15) is 0 Å². The second-order valence-electron chi connectivity index (χ2n) is 4.28. The zero-order valence-corrected chi connectivity index (χ0v) is 11.5. The molecule has 1 N–H and O–H groups in total. The van der Waals surface area contributed by atoms with E-state index >= 15 is 0 Å². The van der Waals surface area contributed by atoms with Crippen LogP contribution in [0.5, 0.6) is 0 Å². The maximum Gasteiger partial charge on any atom is 0.151 e. The van der Waals surface area contributed by atoms with E-state index in [4.69, 9.17) is 11.6 Å². The lowest BCUT2D eigenvalue weighted by Gasteiger charge is -2.20. The van der Waals surface area contributed by atoms with E-state index < -0.39 is 0 Å². The summed E-state index contributed by atoms with van der Waals surface area (Å²) >= 11 is 5.97. The van der Waals surface area contributed by atoms with E-state index in [2.05, 4.69) is 27.2 Å². The smallest absolute Gasteiger partial charge is 0.151 e. The summed E-state index contributed by atoms with van der Waals surface area (Å²) in [5.74, 6) is 0. The number of halogens is 2. The van der Waals surface area contributed by atoms with Crippen molar-refractivity contribution in [3.05, 3.63) is 23.2 Å². The van der Waals surface area contributed by atoms with E-state index in [1.807, 2.05) is 0 Å². The summed E-state index contributed by atoms with van der Waals surface area (Å²) in [4.78, 5) is 10.5. The van der Waals surface area contributed by atoms with Gasteiger partial charge in [-0.25, -0.2) is 4.98 Å². The van der Waals surface area contributed by atoms with Crippen molar-refractivity contribution < 1.29 is 0 Å². The normalized spacial score (nSPS) is 19.4. The van der Waals surface area contributed by atoms with E-state index in [1.54, 1.807) is 12.4 Å². The Balaban J connectivity index is 0.00000144. The Morgan fingerprint density at radius 1 is 1.47 bits per heavy atom. The molecule has 96 valence electrons. The van der Waals surface area contributed by atoms with Gasteiger partial charge in [-0.15, -0.1) is 12.4 Å². The minimum atomic E-state index is 0. The summed E-state index contributed by atoms with van der Waals surface area (Å²) in [6.07, 6.45) is 5.84. The fourth-order valence-electron chi connectivity index (χ4n) is 2.06. The molecule has 17 heavy (non-hydrogen) atoms. The van der Waals surface area contributed by atoms with Gasteiger partial charge in [0.2, 0.25) is 0 Å². The third kappa shape index (κ3) is 4.39. The van der Waals surface area contributed by atoms with Gasteiger partial charge in [0.15, 0.2) is 5.15 Å². The van der Waals surface area contributed by atoms with Crippen LogP contribution in [0.1, 0.15) is 18.5 Å². The van der Waals surface area contributed by atoms with E-state index in [0.717, 1.165) is 25.3 Å². The van der Waals surface area contributed by atoms with Crippen molar-refractivity contribution in [2.45, 2.75) is 25.4 Å². The Labute approximate surface area is 113 Å². The van der Waals surface area contributed by atoms with Crippen LogP contribution in [0.3, 0.4) is 0 Å². The molecule has 0 bridgehead atoms. The van der Waals surface area contributed by atoms with Crippen LogP contribution in [0.15, 0.2) is 12.4 Å². The molecule has 4 nitrogen and oxygen atoms in total. The lowest BCUT2D eigenvalue weighted by molar-refractivity contribution is 0.290. The summed E-state index contributed by atoms with van der Waals surface area (Å²) in [5.41, 5.74) is 0.852. The summed E-state index contributed by atoms with van der Waals surface area (Å²) < 4.78 is 0. The lowest BCUT2D eigenvalue weighted by Crippen LogP contribution is -2.35. The zero-order valence-electron chi connectivity index (χ0n) is 9.90. The Morgan fingerprint density at radius 2 is 2.24 bits per heavy atom. The number of rotatable bonds is 4. The van der Waals surface area contributed by atoms with Gasteiger partial charge in [0.05, 0.1) is 5.69 Å². The van der Waals surface area contributed by atoms with Gasteiger partial charge in [-0.2, -0.15) is 0 Å². The van der Waals surface area contributed by atoms with Crippen molar-refractivity contribution in [3.63, 3.8) is 0 Å². The molecule has 1 aromatic rings. The predicted octanol–water partition coefficient (Wildman–Crippen LogP) is 1.74. The first kappa shape index (κ1) is 14.6. The molecule has 0 spiro atoms. The summed E-state index contributed by atoms with van der Waals surface area (Å²) in [5, 5.41) is 3.99. The van der Waals surface area contributed by atoms with E-state index in [-0.39, 0.29) is 12.4 Å². The van der Waals surface area contributed by atoms with Crippen molar-refractivity contribution in [1.82, 2.24) is 20.2 Å². The standard InChI is InChI=1S/C11H17ClN4.ClH/c1-16(7-9-3-2-4-13-9)8-10-11(12)15-6-5-14-10;/h5-6,9,13H,2-4,7-8H2,1H3;1H. The Kier molecular flexibility index (Phi) is 6.12. The lowest BCUT2D eigenvalue weighted by atomic mass is 10.2. The fraction of sp³-hybridized carbons (Fsp3) is 0.636. The number of hydrogen-bond donors (Lipinski definition) is 1. The fourth-order valence-corrected chi connectivity index (χ4v) is 2.23. The van der Waals surface area contributed by atoms with Crippen LogP contribution < -0.4 is 5.32 Å². The van der Waals surface area contributed by atoms with Crippen molar-refractivity contribution in [1.29, 1.82) is 0 Å². The van der Waals surface area contributed by atoms with Gasteiger partial charge < -0.3 is 5.32 Å². The van der Waals surface area contributed by atoms with Gasteiger partial charge in [0, 0.05) is 31.5 Å². The summed E-state index contributed by atoms with van der Waals surface area (Å²) in [7, 11) is 2.09. The Hall–Kier alpha value is -0.420. The van der Waals surface area contributed by atoms with E-state index in [1.165, 1.54) is 12.8 Å². The molecule has 1 aromatic heterocycles. The third-order valence-corrected chi connectivity index (χ3v) is 3.15. The molecule has 0 aliphatic carbocycles. The highest BCUT2D eigenvalue weighted by atomic mass is 35.5. The van der Waals surface area contributed by atoms with Crippen molar-refractivity contribution in [2.75, 3.05) is 20.1 Å². The minimum Gasteiger partial charge on any atom is -0.313 e. The molecular weight excluding hydrogens is 259 g/mol. The van der Waals surface area contributed by atoms with Crippen LogP contribution in [-0.4, -0.2) is 41.0 Å². The average Bonchev–Trinajstić information content (AvgIpc) is 2.74. The van der Waals surface area contributed by atoms with Crippen LogP contribution in [0, 0.1) is 0 Å². The third-order valence-electron chi connectivity index (χ3n) is 2.84. The van der Waals surface area contributed by atoms with E-state index in [9.17, 15) is 0 Å². The first-order valence-electron chi connectivity index (χ1n) is 5.63. The Morgan fingerprint density at radius 3 is 2.88 bits per heavy atom. The van der Waals surface area contributed by atoms with Gasteiger partial charge in [-0.1, -0.05) is 11.6 Å². The molecule has 1 atom stereocenters. The minimum absolute atomic E-state index is 0. The molecule has 1 aliphatic rings. The topological polar surface area (TPSA) is 41.1 Å². The van der Waals surface area contributed by atoms with Crippen molar-refractivity contribution >= 4 is 24.0 Å². The molecule has 1 saturated heterocycles. The maximum atomic E-state index is 5.97. The molecule has 2 rings (SSSR count). The number of aromatic nitrogens is 2. The highest BCUT2D eigenvalue weighted by Gasteiger charge is 2.16. The van der Waals surface area contributed by atoms with E-state index in [0.29, 0.717) is 11.2 Å². The first-order valence-corrected chi connectivity index (χ1v) is 6.01. The van der Waals surface area contributed by atoms with Crippen LogP contribution in [-0.2, 0) is 6.54 Å². The number of hydrogen-bond acceptors (Lipinski definition) is 4. The monoisotopic (exact) mass is 276 g/mol. The molecule has 0 aromatic carbocycles. The van der Waals surface area contributed by atoms with Crippen molar-refractivity contribution in [3.8, 4) is 0 Å². The highest BCUT2D eigenvalue weighted by molar-refractivity contribution is 6.29. The molecule has 1 unspecified atom stereocenters. The molecule has 0 amide bonds. The highest BCUT2D eigenvalue weighted by Crippen LogP contribution is 2.12. The SMILES string of the molecule is CN(Cc1nccnc1Cl)CC1CCCN1.Cl. The molecular formula is C11H18Cl2N4. The molecule has 1 fully saturated rings. The largest absolute Gasteiger partial charge is 0.313 e. The summed E-state index contributed by atoms with van der Waals surface area (Å²) in [6, 6.07) is 0.612. The average molecular weight is 277 g/mol. The number of nitrogens with one attached hydrogen (secondary N) is 1. The van der Waals surface area contributed by atoms with Crippen LogP contribution in [0.25, 0.3) is 0 Å². The van der Waals surface area contributed by atoms with Gasteiger partial charge >= 0.3 is 0 Å². The number of nitrogens with zero attached hydrogens (tertiary/aromatic N) is 3. The van der Waals surface area contributed by atoms with Gasteiger partial charge in [0.25, 0.3) is 0 Å². The molecule has 2 heterocycles. The van der Waals surface area contributed by atoms with Gasteiger partial charge in [-0.3, -0.25) is 9.88 Å². The van der Waals surface area contributed by atoms with Crippen LogP contribution >= 0.6 is 24.0 Å². The molecule has 0 saturated carbocycles. The predicted molar refractivity (Wildman–Crippen MR) is 71.6 cm³/mol. The maximum absolute atomic E-state index is 5.97. The Bertz CT molecular complexity index is 342. The second kappa shape index (κ2) is 7.11. The van der Waals surface area contributed by atoms with Crippen LogP contribution in [0.2, 0.25) is 5.15 Å². The molecule has 1 aliphatic heterocycles. The first-order chi connectivity index (χ1) is 7.75. The second-order valence-corrected chi connectivity index (χ2v) is 4.64. The van der Waals surface area contributed by atoms with Crippen LogP contribution in [0.4, 0.5) is 0 Å². The zero-order chi connectivity index (χ0) is 11.4. The van der Waals surface area contributed by atoms with Crippen molar-refractivity contribution in [2.24, 2.45) is 0 Å². The number of likely N-dealkylation sites (N-methyl/N-ethyl adjacent to an activating group) is 1. The summed E-state index contributed by atoms with van der Waals surface area (Å²) in [6.45, 7) is 2.93. The molecule has 6 heteroatoms. The molecule has 0 radical (unpaired) electrons. The van der Waals surface area contributed by atoms with Gasteiger partial charge in [-0.05, 0) is 26.4 Å². The quantitative estimate of drug-likeness (QED) is 0.910.